The number of carboxylic acid groups (broad SMARTS) is 1. The third-order valence-electron chi connectivity index (χ3n) is 6.30. The number of hydrogen-bond donors (Lipinski definition) is 2. The van der Waals surface area contributed by atoms with Crippen LogP contribution in [0.2, 0.25) is 10.0 Å². The summed E-state index contributed by atoms with van der Waals surface area (Å²) in [4.78, 5) is 39.9. The van der Waals surface area contributed by atoms with Crippen LogP contribution in [-0.4, -0.2) is 40.4 Å². The number of fused-ring (bicyclic) bond motifs is 1. The van der Waals surface area contributed by atoms with Crippen LogP contribution in [0.25, 0.3) is 0 Å². The summed E-state index contributed by atoms with van der Waals surface area (Å²) >= 11 is 12.7. The van der Waals surface area contributed by atoms with Crippen molar-refractivity contribution in [3.8, 4) is 0 Å². The van der Waals surface area contributed by atoms with Crippen LogP contribution in [0, 0.1) is 0 Å². The SMILES string of the molecule is O=C(O)CCNC(=O)C1c2ccccc2C(=O)N(C2CCCC2)[C@H]1c1ccc(Cl)cc1Cl. The number of hydrogen-bond acceptors (Lipinski definition) is 3. The first-order valence-electron chi connectivity index (χ1n) is 10.7. The van der Waals surface area contributed by atoms with Gasteiger partial charge in [0.05, 0.1) is 18.4 Å². The predicted octanol–water partition coefficient (Wildman–Crippen LogP) is 4.81. The Hall–Kier alpha value is -2.57. The molecule has 2 aromatic rings. The summed E-state index contributed by atoms with van der Waals surface area (Å²) < 4.78 is 0. The van der Waals surface area contributed by atoms with Crippen molar-refractivity contribution in [2.24, 2.45) is 0 Å². The molecule has 8 heteroatoms. The Bertz CT molecular complexity index is 1050. The summed E-state index contributed by atoms with van der Waals surface area (Å²) in [5, 5.41) is 12.6. The van der Waals surface area contributed by atoms with Crippen LogP contribution in [-0.2, 0) is 9.59 Å². The Morgan fingerprint density at radius 3 is 2.47 bits per heavy atom. The van der Waals surface area contributed by atoms with Gasteiger partial charge in [-0.05, 0) is 42.2 Å². The van der Waals surface area contributed by atoms with Crippen LogP contribution >= 0.6 is 23.2 Å². The molecular formula is C24H24Cl2N2O4. The highest BCUT2D eigenvalue weighted by Crippen LogP contribution is 2.47. The average molecular weight is 475 g/mol. The zero-order chi connectivity index (χ0) is 22.8. The smallest absolute Gasteiger partial charge is 0.305 e. The Kier molecular flexibility index (Phi) is 6.72. The summed E-state index contributed by atoms with van der Waals surface area (Å²) in [6, 6.07) is 11.6. The van der Waals surface area contributed by atoms with E-state index in [9.17, 15) is 14.4 Å². The number of carboxylic acids is 1. The minimum Gasteiger partial charge on any atom is -0.481 e. The highest BCUT2D eigenvalue weighted by molar-refractivity contribution is 6.35. The molecule has 2 aliphatic rings. The van der Waals surface area contributed by atoms with E-state index in [1.807, 2.05) is 4.90 Å². The van der Waals surface area contributed by atoms with Crippen LogP contribution in [0.5, 0.6) is 0 Å². The molecule has 1 fully saturated rings. The second-order valence-electron chi connectivity index (χ2n) is 8.26. The maximum atomic E-state index is 13.7. The lowest BCUT2D eigenvalue weighted by Gasteiger charge is -2.45. The number of benzene rings is 2. The zero-order valence-electron chi connectivity index (χ0n) is 17.4. The van der Waals surface area contributed by atoms with E-state index in [0.29, 0.717) is 26.7 Å². The van der Waals surface area contributed by atoms with Gasteiger partial charge in [0.25, 0.3) is 5.91 Å². The minimum absolute atomic E-state index is 0.00178. The number of amides is 2. The van der Waals surface area contributed by atoms with Crippen LogP contribution < -0.4 is 5.32 Å². The summed E-state index contributed by atoms with van der Waals surface area (Å²) in [7, 11) is 0. The van der Waals surface area contributed by atoms with Gasteiger partial charge in [-0.2, -0.15) is 0 Å². The first-order chi connectivity index (χ1) is 15.4. The molecular weight excluding hydrogens is 451 g/mol. The Morgan fingerprint density at radius 1 is 1.06 bits per heavy atom. The van der Waals surface area contributed by atoms with Gasteiger partial charge in [-0.15, -0.1) is 0 Å². The van der Waals surface area contributed by atoms with E-state index in [1.54, 1.807) is 42.5 Å². The van der Waals surface area contributed by atoms with Crippen molar-refractivity contribution in [1.82, 2.24) is 10.2 Å². The van der Waals surface area contributed by atoms with E-state index in [-0.39, 0.29) is 30.8 Å². The van der Waals surface area contributed by atoms with Gasteiger partial charge in [-0.25, -0.2) is 0 Å². The molecule has 32 heavy (non-hydrogen) atoms. The van der Waals surface area contributed by atoms with E-state index < -0.39 is 17.9 Å². The number of halogens is 2. The van der Waals surface area contributed by atoms with Crippen LogP contribution in [0.3, 0.4) is 0 Å². The first kappa shape index (κ1) is 22.6. The van der Waals surface area contributed by atoms with E-state index in [1.165, 1.54) is 0 Å². The normalized spacial score (nSPS) is 20.8. The van der Waals surface area contributed by atoms with Gasteiger partial charge in [0.2, 0.25) is 5.91 Å². The van der Waals surface area contributed by atoms with Gasteiger partial charge >= 0.3 is 5.97 Å². The molecule has 6 nitrogen and oxygen atoms in total. The highest BCUT2D eigenvalue weighted by Gasteiger charge is 2.47. The molecule has 0 spiro atoms. The fourth-order valence-corrected chi connectivity index (χ4v) is 5.41. The molecule has 0 aromatic heterocycles. The Balaban J connectivity index is 1.85. The highest BCUT2D eigenvalue weighted by atomic mass is 35.5. The molecule has 1 aliphatic carbocycles. The minimum atomic E-state index is -0.991. The van der Waals surface area contributed by atoms with E-state index in [4.69, 9.17) is 28.3 Å². The molecule has 2 atom stereocenters. The number of aliphatic carboxylic acids is 1. The summed E-state index contributed by atoms with van der Waals surface area (Å²) in [6.07, 6.45) is 3.59. The maximum absolute atomic E-state index is 13.7. The molecule has 168 valence electrons. The molecule has 1 heterocycles. The molecule has 2 aromatic carbocycles. The van der Waals surface area contributed by atoms with Crippen LogP contribution in [0.4, 0.5) is 0 Å². The lowest BCUT2D eigenvalue weighted by Crippen LogP contribution is -2.51. The number of carbonyl (C=O) groups is 3. The first-order valence-corrected chi connectivity index (χ1v) is 11.5. The summed E-state index contributed by atoms with van der Waals surface area (Å²) in [6.45, 7) is 0.00524. The van der Waals surface area contributed by atoms with Gasteiger partial charge in [0.15, 0.2) is 0 Å². The fraction of sp³-hybridized carbons (Fsp3) is 0.375. The van der Waals surface area contributed by atoms with Crippen molar-refractivity contribution in [3.63, 3.8) is 0 Å². The fourth-order valence-electron chi connectivity index (χ4n) is 4.89. The number of nitrogens with one attached hydrogen (secondary N) is 1. The van der Waals surface area contributed by atoms with E-state index in [0.717, 1.165) is 25.7 Å². The molecule has 0 saturated heterocycles. The van der Waals surface area contributed by atoms with E-state index in [2.05, 4.69) is 5.32 Å². The summed E-state index contributed by atoms with van der Waals surface area (Å²) in [5.41, 5.74) is 1.78. The number of carbonyl (C=O) groups excluding carboxylic acids is 2. The standard InChI is InChI=1S/C24H24Cl2N2O4/c25-14-9-10-18(19(26)13-14)22-21(23(31)27-12-11-20(29)30)16-7-3-4-8-17(16)24(32)28(22)15-5-1-2-6-15/h3-4,7-10,13,15,21-22H,1-2,5-6,11-12H2,(H,27,31)(H,29,30)/t21?,22-/m0/s1. The van der Waals surface area contributed by atoms with Gasteiger partial charge in [0.1, 0.15) is 0 Å². The van der Waals surface area contributed by atoms with Gasteiger partial charge in [0, 0.05) is 28.2 Å². The molecule has 0 radical (unpaired) electrons. The van der Waals surface area contributed by atoms with Crippen molar-refractivity contribution < 1.29 is 19.5 Å². The quantitative estimate of drug-likeness (QED) is 0.628. The lowest BCUT2D eigenvalue weighted by molar-refractivity contribution is -0.137. The topological polar surface area (TPSA) is 86.7 Å². The molecule has 1 unspecified atom stereocenters. The van der Waals surface area contributed by atoms with Gasteiger partial charge in [-0.1, -0.05) is 60.3 Å². The molecule has 1 aliphatic heterocycles. The van der Waals surface area contributed by atoms with Crippen molar-refractivity contribution in [1.29, 1.82) is 0 Å². The van der Waals surface area contributed by atoms with E-state index >= 15 is 0 Å². The largest absolute Gasteiger partial charge is 0.481 e. The van der Waals surface area contributed by atoms with Gasteiger partial charge < -0.3 is 15.3 Å². The molecule has 0 bridgehead atoms. The molecule has 2 N–H and O–H groups in total. The van der Waals surface area contributed by atoms with Crippen LogP contribution in [0.15, 0.2) is 42.5 Å². The second kappa shape index (κ2) is 9.51. The van der Waals surface area contributed by atoms with Crippen LogP contribution in [0.1, 0.15) is 65.5 Å². The van der Waals surface area contributed by atoms with Gasteiger partial charge in [-0.3, -0.25) is 14.4 Å². The zero-order valence-corrected chi connectivity index (χ0v) is 18.9. The molecule has 2 amide bonds. The van der Waals surface area contributed by atoms with Crippen molar-refractivity contribution in [2.45, 2.75) is 50.1 Å². The van der Waals surface area contributed by atoms with Crippen molar-refractivity contribution >= 4 is 41.0 Å². The molecule has 1 saturated carbocycles. The Morgan fingerprint density at radius 2 is 1.78 bits per heavy atom. The third-order valence-corrected chi connectivity index (χ3v) is 6.86. The monoisotopic (exact) mass is 474 g/mol. The number of rotatable bonds is 6. The Labute approximate surface area is 196 Å². The lowest BCUT2D eigenvalue weighted by atomic mass is 9.78. The third kappa shape index (κ3) is 4.34. The number of nitrogens with zero attached hydrogens (tertiary/aromatic N) is 1. The maximum Gasteiger partial charge on any atom is 0.305 e. The predicted molar refractivity (Wildman–Crippen MR) is 122 cm³/mol. The average Bonchev–Trinajstić information content (AvgIpc) is 3.28. The molecule has 4 rings (SSSR count). The van der Waals surface area contributed by atoms with Crippen molar-refractivity contribution in [2.75, 3.05) is 6.54 Å². The van der Waals surface area contributed by atoms with Crippen molar-refractivity contribution in [3.05, 3.63) is 69.2 Å². The second-order valence-corrected chi connectivity index (χ2v) is 9.10. The summed E-state index contributed by atoms with van der Waals surface area (Å²) in [5.74, 6) is -2.16.